The van der Waals surface area contributed by atoms with Crippen molar-refractivity contribution in [2.24, 2.45) is 5.92 Å². The maximum atomic E-state index is 9.20. The largest absolute Gasteiger partial charge is 0.493 e. The van der Waals surface area contributed by atoms with Gasteiger partial charge in [0.25, 0.3) is 0 Å². The summed E-state index contributed by atoms with van der Waals surface area (Å²) in [6.45, 7) is 2.80. The summed E-state index contributed by atoms with van der Waals surface area (Å²) < 4.78 is 15.9. The molecule has 1 aliphatic heterocycles. The molecule has 0 amide bonds. The zero-order valence-corrected chi connectivity index (χ0v) is 14.1. The average Bonchev–Trinajstić information content (AvgIpc) is 3.10. The summed E-state index contributed by atoms with van der Waals surface area (Å²) in [7, 11) is 3.20. The van der Waals surface area contributed by atoms with Crippen molar-refractivity contribution in [3.8, 4) is 22.9 Å². The number of likely N-dealkylation sites (tertiary alicyclic amines) is 1. The van der Waals surface area contributed by atoms with Crippen molar-refractivity contribution in [2.75, 3.05) is 33.9 Å². The van der Waals surface area contributed by atoms with Crippen molar-refractivity contribution < 1.29 is 19.1 Å². The fourth-order valence-corrected chi connectivity index (χ4v) is 2.93. The number of benzene rings is 1. The summed E-state index contributed by atoms with van der Waals surface area (Å²) >= 11 is 0. The van der Waals surface area contributed by atoms with Gasteiger partial charge in [-0.05, 0) is 50.0 Å². The van der Waals surface area contributed by atoms with Gasteiger partial charge < -0.3 is 19.1 Å². The first-order valence-corrected chi connectivity index (χ1v) is 8.11. The Balaban J connectivity index is 1.67. The van der Waals surface area contributed by atoms with Gasteiger partial charge in [0.15, 0.2) is 11.5 Å². The molecule has 1 aliphatic rings. The van der Waals surface area contributed by atoms with Gasteiger partial charge in [-0.2, -0.15) is 4.98 Å². The monoisotopic (exact) mass is 333 g/mol. The molecule has 0 bridgehead atoms. The zero-order valence-electron chi connectivity index (χ0n) is 14.1. The zero-order chi connectivity index (χ0) is 16.9. The summed E-state index contributed by atoms with van der Waals surface area (Å²) in [5.74, 6) is 2.86. The molecule has 130 valence electrons. The lowest BCUT2D eigenvalue weighted by Gasteiger charge is -2.29. The van der Waals surface area contributed by atoms with Gasteiger partial charge in [0.05, 0.1) is 20.8 Å². The molecule has 2 aromatic rings. The molecule has 1 aromatic heterocycles. The molecule has 0 aliphatic carbocycles. The minimum absolute atomic E-state index is 0.276. The van der Waals surface area contributed by atoms with Crippen LogP contribution in [0.25, 0.3) is 11.4 Å². The molecule has 0 saturated carbocycles. The number of ether oxygens (including phenoxy) is 2. The number of rotatable bonds is 6. The summed E-state index contributed by atoms with van der Waals surface area (Å²) in [5, 5.41) is 13.3. The van der Waals surface area contributed by atoms with E-state index in [0.29, 0.717) is 35.7 Å². The highest BCUT2D eigenvalue weighted by Crippen LogP contribution is 2.31. The molecule has 0 spiro atoms. The van der Waals surface area contributed by atoms with Crippen molar-refractivity contribution >= 4 is 0 Å². The van der Waals surface area contributed by atoms with Crippen LogP contribution >= 0.6 is 0 Å². The van der Waals surface area contributed by atoms with Gasteiger partial charge in [-0.15, -0.1) is 0 Å². The maximum Gasteiger partial charge on any atom is 0.241 e. The van der Waals surface area contributed by atoms with Crippen LogP contribution in [0.1, 0.15) is 18.7 Å². The highest BCUT2D eigenvalue weighted by molar-refractivity contribution is 5.60. The van der Waals surface area contributed by atoms with E-state index in [1.807, 2.05) is 18.2 Å². The molecule has 3 rings (SSSR count). The predicted octanol–water partition coefficient (Wildman–Crippen LogP) is 1.96. The lowest BCUT2D eigenvalue weighted by molar-refractivity contribution is 0.119. The third-order valence-corrected chi connectivity index (χ3v) is 4.43. The number of aliphatic hydroxyl groups excluding tert-OH is 1. The second-order valence-electron chi connectivity index (χ2n) is 5.98. The third-order valence-electron chi connectivity index (χ3n) is 4.43. The first-order chi connectivity index (χ1) is 11.7. The number of aromatic nitrogens is 2. The molecular weight excluding hydrogens is 310 g/mol. The smallest absolute Gasteiger partial charge is 0.241 e. The Morgan fingerprint density at radius 2 is 1.96 bits per heavy atom. The van der Waals surface area contributed by atoms with Crippen molar-refractivity contribution in [3.05, 3.63) is 24.1 Å². The van der Waals surface area contributed by atoms with Crippen LogP contribution in [0.4, 0.5) is 0 Å². The van der Waals surface area contributed by atoms with Crippen molar-refractivity contribution in [2.45, 2.75) is 19.4 Å². The molecule has 1 N–H and O–H groups in total. The summed E-state index contributed by atoms with van der Waals surface area (Å²) in [6.07, 6.45) is 2.01. The second kappa shape index (κ2) is 7.63. The Labute approximate surface area is 141 Å². The van der Waals surface area contributed by atoms with Crippen LogP contribution in [0.15, 0.2) is 22.7 Å². The highest BCUT2D eigenvalue weighted by Gasteiger charge is 2.20. The van der Waals surface area contributed by atoms with Gasteiger partial charge in [-0.1, -0.05) is 5.16 Å². The topological polar surface area (TPSA) is 80.9 Å². The molecule has 1 saturated heterocycles. The van der Waals surface area contributed by atoms with Gasteiger partial charge in [-0.25, -0.2) is 0 Å². The third kappa shape index (κ3) is 3.68. The summed E-state index contributed by atoms with van der Waals surface area (Å²) in [5.41, 5.74) is 0.821. The normalized spacial score (nSPS) is 16.3. The highest BCUT2D eigenvalue weighted by atomic mass is 16.5. The Bertz CT molecular complexity index is 666. The van der Waals surface area contributed by atoms with Gasteiger partial charge in [0, 0.05) is 12.2 Å². The van der Waals surface area contributed by atoms with Crippen molar-refractivity contribution in [1.29, 1.82) is 0 Å². The minimum atomic E-state index is 0.276. The van der Waals surface area contributed by atoms with E-state index >= 15 is 0 Å². The minimum Gasteiger partial charge on any atom is -0.493 e. The quantitative estimate of drug-likeness (QED) is 0.865. The van der Waals surface area contributed by atoms with E-state index in [-0.39, 0.29) is 6.61 Å². The van der Waals surface area contributed by atoms with Crippen LogP contribution < -0.4 is 9.47 Å². The number of aliphatic hydroxyl groups is 1. The Morgan fingerprint density at radius 1 is 1.21 bits per heavy atom. The summed E-state index contributed by atoms with van der Waals surface area (Å²) in [4.78, 5) is 6.76. The van der Waals surface area contributed by atoms with Gasteiger partial charge >= 0.3 is 0 Å². The maximum absolute atomic E-state index is 9.20. The van der Waals surface area contributed by atoms with Crippen LogP contribution in [0.3, 0.4) is 0 Å². The van der Waals surface area contributed by atoms with Gasteiger partial charge in [0.1, 0.15) is 0 Å². The van der Waals surface area contributed by atoms with E-state index in [2.05, 4.69) is 15.0 Å². The van der Waals surface area contributed by atoms with E-state index in [4.69, 9.17) is 14.0 Å². The lowest BCUT2D eigenvalue weighted by Crippen LogP contribution is -2.34. The number of methoxy groups -OCH3 is 2. The van der Waals surface area contributed by atoms with Crippen LogP contribution in [0, 0.1) is 5.92 Å². The van der Waals surface area contributed by atoms with Gasteiger partial charge in [0.2, 0.25) is 11.7 Å². The average molecular weight is 333 g/mol. The van der Waals surface area contributed by atoms with Crippen LogP contribution in [0.5, 0.6) is 11.5 Å². The molecule has 0 unspecified atom stereocenters. The van der Waals surface area contributed by atoms with E-state index in [1.54, 1.807) is 14.2 Å². The molecule has 1 fully saturated rings. The fraction of sp³-hybridized carbons (Fsp3) is 0.529. The SMILES string of the molecule is COc1ccc(-c2noc(CN3CCC(CO)CC3)n2)cc1OC. The number of hydrogen-bond donors (Lipinski definition) is 1. The Hall–Kier alpha value is -2.12. The molecule has 7 heteroatoms. The first-order valence-electron chi connectivity index (χ1n) is 8.11. The molecule has 1 aromatic carbocycles. The lowest BCUT2D eigenvalue weighted by atomic mass is 9.98. The molecule has 2 heterocycles. The summed E-state index contributed by atoms with van der Waals surface area (Å²) in [6, 6.07) is 5.53. The van der Waals surface area contributed by atoms with E-state index in [1.165, 1.54) is 0 Å². The van der Waals surface area contributed by atoms with Crippen molar-refractivity contribution in [3.63, 3.8) is 0 Å². The van der Waals surface area contributed by atoms with E-state index in [9.17, 15) is 5.11 Å². The first kappa shape index (κ1) is 16.7. The second-order valence-corrected chi connectivity index (χ2v) is 5.98. The molecule has 0 atom stereocenters. The number of nitrogens with zero attached hydrogens (tertiary/aromatic N) is 3. The van der Waals surface area contributed by atoms with E-state index < -0.39 is 0 Å². The van der Waals surface area contributed by atoms with Crippen molar-refractivity contribution in [1.82, 2.24) is 15.0 Å². The molecular formula is C17H23N3O4. The Morgan fingerprint density at radius 3 is 2.62 bits per heavy atom. The standard InChI is InChI=1S/C17H23N3O4/c1-22-14-4-3-13(9-15(14)23-2)17-18-16(24-19-17)10-20-7-5-12(11-21)6-8-20/h3-4,9,12,21H,5-8,10-11H2,1-2H3. The van der Waals surface area contributed by atoms with Crippen LogP contribution in [-0.2, 0) is 6.54 Å². The predicted molar refractivity (Wildman–Crippen MR) is 87.9 cm³/mol. The number of hydrogen-bond acceptors (Lipinski definition) is 7. The van der Waals surface area contributed by atoms with E-state index in [0.717, 1.165) is 31.5 Å². The molecule has 0 radical (unpaired) electrons. The Kier molecular flexibility index (Phi) is 5.32. The fourth-order valence-electron chi connectivity index (χ4n) is 2.93. The van der Waals surface area contributed by atoms with Crippen LogP contribution in [0.2, 0.25) is 0 Å². The molecule has 24 heavy (non-hydrogen) atoms. The van der Waals surface area contributed by atoms with Gasteiger partial charge in [-0.3, -0.25) is 4.90 Å². The van der Waals surface area contributed by atoms with Crippen LogP contribution in [-0.4, -0.2) is 54.1 Å². The molecule has 7 nitrogen and oxygen atoms in total. The number of piperidine rings is 1.